The Morgan fingerprint density at radius 2 is 1.55 bits per heavy atom. The van der Waals surface area contributed by atoms with E-state index in [2.05, 4.69) is 25.3 Å². The van der Waals surface area contributed by atoms with Crippen LogP contribution in [0.1, 0.15) is 12.5 Å². The van der Waals surface area contributed by atoms with Crippen molar-refractivity contribution in [3.8, 4) is 0 Å². The molecular weight excluding hydrogens is 471 g/mol. The van der Waals surface area contributed by atoms with Gasteiger partial charge in [0.05, 0.1) is 16.8 Å². The van der Waals surface area contributed by atoms with E-state index in [4.69, 9.17) is 5.14 Å². The molecule has 176 valence electrons. The van der Waals surface area contributed by atoms with Gasteiger partial charge in [-0.25, -0.2) is 36.1 Å². The number of sulfonamides is 2. The number of hydrogen-bond donors (Lipinski definition) is 4. The smallest absolute Gasteiger partial charge is 0.238 e. The highest BCUT2D eigenvalue weighted by Gasteiger charge is 2.10. The van der Waals surface area contributed by atoms with Crippen LogP contribution in [0.25, 0.3) is 0 Å². The van der Waals surface area contributed by atoms with Crippen molar-refractivity contribution in [1.82, 2.24) is 14.7 Å². The van der Waals surface area contributed by atoms with Gasteiger partial charge in [0.25, 0.3) is 0 Å². The van der Waals surface area contributed by atoms with Crippen molar-refractivity contribution < 1.29 is 21.2 Å². The molecule has 1 heterocycles. The van der Waals surface area contributed by atoms with Crippen LogP contribution >= 0.6 is 0 Å². The monoisotopic (exact) mass is 494 g/mol. The summed E-state index contributed by atoms with van der Waals surface area (Å²) < 4.78 is 62.3. The minimum Gasteiger partial charge on any atom is -0.338 e. The zero-order valence-corrected chi connectivity index (χ0v) is 19.2. The molecule has 10 nitrogen and oxygen atoms in total. The maximum Gasteiger partial charge on any atom is 0.238 e. The fraction of sp³-hybridized carbons (Fsp3) is 0.200. The lowest BCUT2D eigenvalue weighted by molar-refractivity contribution is 0.582. The Morgan fingerprint density at radius 1 is 0.939 bits per heavy atom. The predicted octanol–water partition coefficient (Wildman–Crippen LogP) is 2.23. The number of halogens is 1. The molecule has 0 radical (unpaired) electrons. The zero-order chi connectivity index (χ0) is 24.1. The van der Waals surface area contributed by atoms with E-state index in [0.29, 0.717) is 17.8 Å². The topological polar surface area (TPSA) is 156 Å². The molecule has 13 heteroatoms. The molecule has 0 atom stereocenters. The minimum atomic E-state index is -3.80. The van der Waals surface area contributed by atoms with Crippen molar-refractivity contribution in [2.24, 2.45) is 5.14 Å². The highest BCUT2D eigenvalue weighted by molar-refractivity contribution is 7.89. The molecule has 0 saturated heterocycles. The summed E-state index contributed by atoms with van der Waals surface area (Å²) in [5.41, 5.74) is 1.98. The Bertz CT molecular complexity index is 1320. The number of anilines is 4. The maximum absolute atomic E-state index is 14.2. The first kappa shape index (κ1) is 24.5. The molecule has 0 aliphatic heterocycles. The van der Waals surface area contributed by atoms with Gasteiger partial charge in [-0.2, -0.15) is 4.98 Å². The second-order valence-electron chi connectivity index (χ2n) is 6.95. The molecular formula is C20H23FN6O4S2. The van der Waals surface area contributed by atoms with Crippen LogP contribution < -0.4 is 20.5 Å². The number of benzene rings is 2. The second kappa shape index (κ2) is 10.2. The van der Waals surface area contributed by atoms with Crippen LogP contribution in [0.15, 0.2) is 59.6 Å². The van der Waals surface area contributed by atoms with Gasteiger partial charge in [-0.15, -0.1) is 0 Å². The molecule has 3 rings (SSSR count). The third-order valence-electron chi connectivity index (χ3n) is 4.52. The van der Waals surface area contributed by atoms with Crippen LogP contribution in [0.3, 0.4) is 0 Å². The highest BCUT2D eigenvalue weighted by Crippen LogP contribution is 2.21. The van der Waals surface area contributed by atoms with Gasteiger partial charge in [0, 0.05) is 17.9 Å². The first-order valence-corrected chi connectivity index (χ1v) is 13.0. The Hall–Kier alpha value is -3.13. The standard InChI is InChI=1S/C20H23FN6O4S2/c1-2-32(28,29)24-12-11-14-3-5-15(6-4-14)25-19-18(21)13-23-20(27-19)26-16-7-9-17(10-8-16)33(22,30)31/h3-10,13,24H,2,11-12H2,1H3,(H2,22,30,31)(H2,23,25,26,27). The molecule has 3 aromatic rings. The van der Waals surface area contributed by atoms with Gasteiger partial charge in [0.15, 0.2) is 11.6 Å². The Labute approximate surface area is 191 Å². The molecule has 1 aromatic heterocycles. The fourth-order valence-electron chi connectivity index (χ4n) is 2.72. The van der Waals surface area contributed by atoms with Crippen LogP contribution in [0, 0.1) is 5.82 Å². The Morgan fingerprint density at radius 3 is 2.15 bits per heavy atom. The van der Waals surface area contributed by atoms with Crippen LogP contribution in [0.2, 0.25) is 0 Å². The largest absolute Gasteiger partial charge is 0.338 e. The van der Waals surface area contributed by atoms with Crippen molar-refractivity contribution in [2.45, 2.75) is 18.2 Å². The molecule has 0 aliphatic rings. The van der Waals surface area contributed by atoms with Crippen molar-refractivity contribution in [1.29, 1.82) is 0 Å². The molecule has 0 bridgehead atoms. The third kappa shape index (κ3) is 7.18. The van der Waals surface area contributed by atoms with E-state index >= 15 is 0 Å². The van der Waals surface area contributed by atoms with Crippen molar-refractivity contribution in [3.63, 3.8) is 0 Å². The number of nitrogens with one attached hydrogen (secondary N) is 3. The van der Waals surface area contributed by atoms with Crippen molar-refractivity contribution >= 4 is 43.2 Å². The van der Waals surface area contributed by atoms with Crippen LogP contribution in [0.5, 0.6) is 0 Å². The minimum absolute atomic E-state index is 0.0259. The summed E-state index contributed by atoms with van der Waals surface area (Å²) in [5.74, 6) is -0.597. The van der Waals surface area contributed by atoms with Gasteiger partial charge < -0.3 is 10.6 Å². The average Bonchev–Trinajstić information content (AvgIpc) is 2.77. The molecule has 0 aliphatic carbocycles. The highest BCUT2D eigenvalue weighted by atomic mass is 32.2. The molecule has 2 aromatic carbocycles. The number of aromatic nitrogens is 2. The summed E-state index contributed by atoms with van der Waals surface area (Å²) in [6.07, 6.45) is 1.52. The average molecular weight is 495 g/mol. The third-order valence-corrected chi connectivity index (χ3v) is 6.85. The molecule has 5 N–H and O–H groups in total. The number of nitrogens with two attached hydrogens (primary N) is 1. The lowest BCUT2D eigenvalue weighted by Crippen LogP contribution is -2.27. The Kier molecular flexibility index (Phi) is 7.58. The van der Waals surface area contributed by atoms with Gasteiger partial charge in [-0.1, -0.05) is 12.1 Å². The summed E-state index contributed by atoms with van der Waals surface area (Å²) in [7, 11) is -7.04. The molecule has 0 spiro atoms. The zero-order valence-electron chi connectivity index (χ0n) is 17.6. The van der Waals surface area contributed by atoms with E-state index in [9.17, 15) is 21.2 Å². The number of rotatable bonds is 10. The van der Waals surface area contributed by atoms with Crippen molar-refractivity contribution in [2.75, 3.05) is 22.9 Å². The molecule has 0 fully saturated rings. The molecule has 0 amide bonds. The number of hydrogen-bond acceptors (Lipinski definition) is 8. The van der Waals surface area contributed by atoms with Gasteiger partial charge in [0.2, 0.25) is 26.0 Å². The van der Waals surface area contributed by atoms with E-state index < -0.39 is 25.9 Å². The summed E-state index contributed by atoms with van der Waals surface area (Å²) >= 11 is 0. The number of primary sulfonamides is 1. The first-order valence-electron chi connectivity index (χ1n) is 9.81. The van der Waals surface area contributed by atoms with E-state index in [1.807, 2.05) is 0 Å². The van der Waals surface area contributed by atoms with E-state index in [0.717, 1.165) is 11.8 Å². The first-order chi connectivity index (χ1) is 15.6. The van der Waals surface area contributed by atoms with Gasteiger partial charge >= 0.3 is 0 Å². The van der Waals surface area contributed by atoms with E-state index in [1.54, 1.807) is 31.2 Å². The van der Waals surface area contributed by atoms with Gasteiger partial charge in [-0.3, -0.25) is 0 Å². The lowest BCUT2D eigenvalue weighted by Gasteiger charge is -2.10. The van der Waals surface area contributed by atoms with Gasteiger partial charge in [0.1, 0.15) is 0 Å². The van der Waals surface area contributed by atoms with Crippen molar-refractivity contribution in [3.05, 3.63) is 66.1 Å². The Balaban J connectivity index is 1.65. The normalized spacial score (nSPS) is 11.8. The van der Waals surface area contributed by atoms with E-state index in [-0.39, 0.29) is 29.0 Å². The predicted molar refractivity (Wildman–Crippen MR) is 124 cm³/mol. The maximum atomic E-state index is 14.2. The van der Waals surface area contributed by atoms with Gasteiger partial charge in [-0.05, 0) is 55.3 Å². The summed E-state index contributed by atoms with van der Waals surface area (Å²) in [4.78, 5) is 7.96. The second-order valence-corrected chi connectivity index (χ2v) is 10.6. The summed E-state index contributed by atoms with van der Waals surface area (Å²) in [6, 6.07) is 12.7. The summed E-state index contributed by atoms with van der Waals surface area (Å²) in [5, 5.41) is 10.8. The number of nitrogens with zero attached hydrogens (tertiary/aromatic N) is 2. The molecule has 0 saturated carbocycles. The van der Waals surface area contributed by atoms with E-state index in [1.165, 1.54) is 24.3 Å². The van der Waals surface area contributed by atoms with Crippen LogP contribution in [-0.4, -0.2) is 39.1 Å². The SMILES string of the molecule is CCS(=O)(=O)NCCc1ccc(Nc2nc(Nc3ccc(S(N)(=O)=O)cc3)ncc2F)cc1. The van der Waals surface area contributed by atoms with Crippen LogP contribution in [-0.2, 0) is 26.5 Å². The molecule has 0 unspecified atom stereocenters. The lowest BCUT2D eigenvalue weighted by atomic mass is 10.1. The fourth-order valence-corrected chi connectivity index (χ4v) is 3.85. The van der Waals surface area contributed by atoms with Crippen LogP contribution in [0.4, 0.5) is 27.5 Å². The summed E-state index contributed by atoms with van der Waals surface area (Å²) in [6.45, 7) is 1.86. The quantitative estimate of drug-likeness (QED) is 0.334. The molecule has 33 heavy (non-hydrogen) atoms.